The maximum Gasteiger partial charge on any atom is 0.227 e. The van der Waals surface area contributed by atoms with Crippen LogP contribution in [0.15, 0.2) is 48.9 Å². The van der Waals surface area contributed by atoms with E-state index in [0.717, 1.165) is 33.1 Å². The standard InChI is InChI=1S/C25H27FN6O2/c1-16(33)28-15-23(21-14-29-22-5-4-18(26)12-20(21)22)31-7-9-32(10-8-31)24(34)11-17-13-30-25-19(17)3-2-6-27-25/h2-6,12-14,23,29H,7-11,15H2,1H3,(H,27,30)(H,28,33). The number of fused-ring (bicyclic) bond motifs is 2. The molecular formula is C25H27FN6O2. The fourth-order valence-corrected chi connectivity index (χ4v) is 4.78. The van der Waals surface area contributed by atoms with E-state index in [9.17, 15) is 14.0 Å². The van der Waals surface area contributed by atoms with Gasteiger partial charge in [-0.05, 0) is 41.5 Å². The van der Waals surface area contributed by atoms with Gasteiger partial charge in [-0.2, -0.15) is 0 Å². The second-order valence-electron chi connectivity index (χ2n) is 8.69. The highest BCUT2D eigenvalue weighted by atomic mass is 19.1. The molecule has 0 aliphatic carbocycles. The number of H-pyrrole nitrogens is 2. The number of carbonyl (C=O) groups excluding carboxylic acids is 2. The van der Waals surface area contributed by atoms with Crippen LogP contribution in [-0.2, 0) is 16.0 Å². The zero-order valence-corrected chi connectivity index (χ0v) is 19.0. The summed E-state index contributed by atoms with van der Waals surface area (Å²) in [6.45, 7) is 4.40. The number of amides is 2. The SMILES string of the molecule is CC(=O)NCC(c1c[nH]c2ccc(F)cc12)N1CCN(C(=O)Cc2c[nH]c3ncccc23)CC1. The van der Waals surface area contributed by atoms with Crippen molar-refractivity contribution in [2.24, 2.45) is 0 Å². The van der Waals surface area contributed by atoms with Crippen molar-refractivity contribution in [1.29, 1.82) is 0 Å². The Morgan fingerprint density at radius 1 is 1.12 bits per heavy atom. The van der Waals surface area contributed by atoms with Crippen molar-refractivity contribution in [3.63, 3.8) is 0 Å². The predicted octanol–water partition coefficient (Wildman–Crippen LogP) is 2.75. The monoisotopic (exact) mass is 462 g/mol. The molecule has 2 amide bonds. The fourth-order valence-electron chi connectivity index (χ4n) is 4.78. The highest BCUT2D eigenvalue weighted by Gasteiger charge is 2.29. The molecule has 3 N–H and O–H groups in total. The third-order valence-electron chi connectivity index (χ3n) is 6.57. The number of aromatic amines is 2. The van der Waals surface area contributed by atoms with Crippen LogP contribution in [0.1, 0.15) is 24.1 Å². The van der Waals surface area contributed by atoms with E-state index in [4.69, 9.17) is 0 Å². The van der Waals surface area contributed by atoms with E-state index in [1.807, 2.05) is 29.4 Å². The van der Waals surface area contributed by atoms with E-state index in [2.05, 4.69) is 25.2 Å². The number of nitrogens with one attached hydrogen (secondary N) is 3. The number of rotatable bonds is 6. The molecule has 0 radical (unpaired) electrons. The number of carbonyl (C=O) groups is 2. The van der Waals surface area contributed by atoms with E-state index >= 15 is 0 Å². The summed E-state index contributed by atoms with van der Waals surface area (Å²) in [7, 11) is 0. The van der Waals surface area contributed by atoms with E-state index in [1.54, 1.807) is 12.3 Å². The maximum atomic E-state index is 14.0. The van der Waals surface area contributed by atoms with Crippen LogP contribution < -0.4 is 5.32 Å². The van der Waals surface area contributed by atoms with Crippen molar-refractivity contribution in [3.05, 3.63) is 65.9 Å². The minimum absolute atomic E-state index is 0.0805. The molecule has 4 heterocycles. The number of hydrogen-bond donors (Lipinski definition) is 3. The summed E-state index contributed by atoms with van der Waals surface area (Å²) in [4.78, 5) is 39.4. The van der Waals surface area contributed by atoms with Crippen molar-refractivity contribution in [2.45, 2.75) is 19.4 Å². The van der Waals surface area contributed by atoms with Crippen LogP contribution in [0.5, 0.6) is 0 Å². The number of nitrogens with zero attached hydrogens (tertiary/aromatic N) is 3. The van der Waals surface area contributed by atoms with Crippen LogP contribution in [-0.4, -0.2) is 69.3 Å². The first-order valence-electron chi connectivity index (χ1n) is 11.4. The molecule has 0 bridgehead atoms. The van der Waals surface area contributed by atoms with E-state index in [1.165, 1.54) is 19.1 Å². The van der Waals surface area contributed by atoms with Crippen LogP contribution in [0.25, 0.3) is 21.9 Å². The van der Waals surface area contributed by atoms with Crippen molar-refractivity contribution in [2.75, 3.05) is 32.7 Å². The molecule has 8 nitrogen and oxygen atoms in total. The molecule has 0 spiro atoms. The third-order valence-corrected chi connectivity index (χ3v) is 6.57. The number of aromatic nitrogens is 3. The quantitative estimate of drug-likeness (QED) is 0.411. The molecule has 1 aliphatic rings. The minimum atomic E-state index is -0.297. The molecule has 34 heavy (non-hydrogen) atoms. The lowest BCUT2D eigenvalue weighted by Gasteiger charge is -2.39. The average molecular weight is 463 g/mol. The van der Waals surface area contributed by atoms with Crippen molar-refractivity contribution >= 4 is 33.8 Å². The van der Waals surface area contributed by atoms with Gasteiger partial charge in [-0.15, -0.1) is 0 Å². The Balaban J connectivity index is 1.29. The third kappa shape index (κ3) is 4.38. The number of pyridine rings is 1. The maximum absolute atomic E-state index is 14.0. The van der Waals surface area contributed by atoms with Gasteiger partial charge in [0.25, 0.3) is 0 Å². The summed E-state index contributed by atoms with van der Waals surface area (Å²) in [5, 5.41) is 4.69. The summed E-state index contributed by atoms with van der Waals surface area (Å²) in [5.41, 5.74) is 3.52. The van der Waals surface area contributed by atoms with Gasteiger partial charge >= 0.3 is 0 Å². The van der Waals surface area contributed by atoms with Gasteiger partial charge in [0.15, 0.2) is 0 Å². The van der Waals surface area contributed by atoms with Crippen molar-refractivity contribution < 1.29 is 14.0 Å². The Bertz CT molecular complexity index is 1340. The van der Waals surface area contributed by atoms with Crippen LogP contribution >= 0.6 is 0 Å². The summed E-state index contributed by atoms with van der Waals surface area (Å²) >= 11 is 0. The lowest BCUT2D eigenvalue weighted by Crippen LogP contribution is -2.51. The predicted molar refractivity (Wildman–Crippen MR) is 128 cm³/mol. The molecule has 1 aliphatic heterocycles. The van der Waals surface area contributed by atoms with Gasteiger partial charge in [0.2, 0.25) is 11.8 Å². The Hall–Kier alpha value is -3.72. The summed E-state index contributed by atoms with van der Waals surface area (Å²) in [5.74, 6) is -0.329. The molecule has 5 rings (SSSR count). The molecule has 0 saturated carbocycles. The number of hydrogen-bond acceptors (Lipinski definition) is 4. The highest BCUT2D eigenvalue weighted by Crippen LogP contribution is 2.29. The van der Waals surface area contributed by atoms with E-state index in [0.29, 0.717) is 39.1 Å². The molecular weight excluding hydrogens is 435 g/mol. The second kappa shape index (κ2) is 9.26. The van der Waals surface area contributed by atoms with Crippen molar-refractivity contribution in [1.82, 2.24) is 30.1 Å². The van der Waals surface area contributed by atoms with Gasteiger partial charge in [0, 0.05) is 74.5 Å². The summed E-state index contributed by atoms with van der Waals surface area (Å²) in [6.07, 6.45) is 5.79. The number of halogens is 1. The zero-order chi connectivity index (χ0) is 23.7. The van der Waals surface area contributed by atoms with E-state index < -0.39 is 0 Å². The Labute approximate surface area is 196 Å². The molecule has 4 aromatic rings. The molecule has 176 valence electrons. The second-order valence-corrected chi connectivity index (χ2v) is 8.69. The molecule has 1 unspecified atom stereocenters. The molecule has 3 aromatic heterocycles. The molecule has 1 atom stereocenters. The van der Waals surface area contributed by atoms with Gasteiger partial charge in [-0.3, -0.25) is 14.5 Å². The average Bonchev–Trinajstić information content (AvgIpc) is 3.44. The van der Waals surface area contributed by atoms with Gasteiger partial charge < -0.3 is 20.2 Å². The lowest BCUT2D eigenvalue weighted by atomic mass is 10.0. The van der Waals surface area contributed by atoms with Gasteiger partial charge in [0.05, 0.1) is 12.5 Å². The summed E-state index contributed by atoms with van der Waals surface area (Å²) in [6, 6.07) is 8.39. The minimum Gasteiger partial charge on any atom is -0.361 e. The first-order valence-corrected chi connectivity index (χ1v) is 11.4. The highest BCUT2D eigenvalue weighted by molar-refractivity contribution is 5.87. The Morgan fingerprint density at radius 3 is 2.74 bits per heavy atom. The fraction of sp³-hybridized carbons (Fsp3) is 0.320. The van der Waals surface area contributed by atoms with Crippen molar-refractivity contribution in [3.8, 4) is 0 Å². The van der Waals surface area contributed by atoms with Gasteiger partial charge in [-0.1, -0.05) is 0 Å². The molecule has 1 aromatic carbocycles. The lowest BCUT2D eigenvalue weighted by molar-refractivity contribution is -0.132. The molecule has 9 heteroatoms. The van der Waals surface area contributed by atoms with Gasteiger partial charge in [0.1, 0.15) is 11.5 Å². The Kier molecular flexibility index (Phi) is 6.02. The van der Waals surface area contributed by atoms with Crippen LogP contribution in [0, 0.1) is 5.82 Å². The Morgan fingerprint density at radius 2 is 1.94 bits per heavy atom. The smallest absolute Gasteiger partial charge is 0.227 e. The topological polar surface area (TPSA) is 97.1 Å². The number of piperazine rings is 1. The number of benzene rings is 1. The largest absolute Gasteiger partial charge is 0.361 e. The zero-order valence-electron chi connectivity index (χ0n) is 19.0. The first-order chi connectivity index (χ1) is 16.5. The summed E-state index contributed by atoms with van der Waals surface area (Å²) < 4.78 is 14.0. The molecule has 1 saturated heterocycles. The van der Waals surface area contributed by atoms with Gasteiger partial charge in [-0.25, -0.2) is 9.37 Å². The van der Waals surface area contributed by atoms with Crippen LogP contribution in [0.3, 0.4) is 0 Å². The first kappa shape index (κ1) is 22.1. The molecule has 1 fully saturated rings. The normalized spacial score (nSPS) is 15.6. The van der Waals surface area contributed by atoms with Crippen LogP contribution in [0.2, 0.25) is 0 Å². The van der Waals surface area contributed by atoms with Crippen LogP contribution in [0.4, 0.5) is 4.39 Å². The van der Waals surface area contributed by atoms with E-state index in [-0.39, 0.29) is 23.7 Å².